The largest absolute Gasteiger partial charge is 0.490 e. The van der Waals surface area contributed by atoms with Crippen LogP contribution >= 0.6 is 11.3 Å². The van der Waals surface area contributed by atoms with E-state index >= 15 is 0 Å². The fourth-order valence-electron chi connectivity index (χ4n) is 4.42. The molecule has 4 aromatic rings. The smallest absolute Gasteiger partial charge is 0.338 e. The van der Waals surface area contributed by atoms with Crippen molar-refractivity contribution in [3.05, 3.63) is 119 Å². The number of aromatic nitrogens is 2. The Morgan fingerprint density at radius 1 is 1.15 bits per heavy atom. The number of ether oxygens (including phenoxy) is 3. The first-order chi connectivity index (χ1) is 19.8. The minimum atomic E-state index is -0.689. The molecule has 41 heavy (non-hydrogen) atoms. The van der Waals surface area contributed by atoms with Crippen LogP contribution in [0.2, 0.25) is 0 Å². The highest BCUT2D eigenvalue weighted by Crippen LogP contribution is 2.33. The SMILES string of the molecule is CCOc1cc(C=c2sc3n(c2=O)C(c2ccccc2)C(C(=O)OC)=C(C)N=3)ccc1Oc1ccc([N+](=O)[O-])cn1. The van der Waals surface area contributed by atoms with Gasteiger partial charge < -0.3 is 14.2 Å². The fourth-order valence-corrected chi connectivity index (χ4v) is 5.46. The third-order valence-electron chi connectivity index (χ3n) is 6.25. The second kappa shape index (κ2) is 11.6. The van der Waals surface area contributed by atoms with E-state index in [0.29, 0.717) is 44.3 Å². The number of carbonyl (C=O) groups is 1. The molecule has 0 bridgehead atoms. The first-order valence-electron chi connectivity index (χ1n) is 12.5. The third kappa shape index (κ3) is 5.50. The van der Waals surface area contributed by atoms with E-state index in [4.69, 9.17) is 14.2 Å². The second-order valence-corrected chi connectivity index (χ2v) is 9.85. The molecule has 0 aliphatic carbocycles. The summed E-state index contributed by atoms with van der Waals surface area (Å²) in [7, 11) is 1.30. The molecule has 1 aliphatic rings. The van der Waals surface area contributed by atoms with Crippen molar-refractivity contribution in [2.75, 3.05) is 13.7 Å². The summed E-state index contributed by atoms with van der Waals surface area (Å²) in [6, 6.07) is 16.4. The molecule has 0 N–H and O–H groups in total. The summed E-state index contributed by atoms with van der Waals surface area (Å²) in [5.41, 5.74) is 1.77. The second-order valence-electron chi connectivity index (χ2n) is 8.84. The van der Waals surface area contributed by atoms with Crippen LogP contribution in [0.4, 0.5) is 5.69 Å². The molecule has 3 heterocycles. The van der Waals surface area contributed by atoms with E-state index in [1.54, 1.807) is 31.2 Å². The van der Waals surface area contributed by atoms with Crippen LogP contribution in [0.5, 0.6) is 17.4 Å². The highest BCUT2D eigenvalue weighted by Gasteiger charge is 2.32. The van der Waals surface area contributed by atoms with Crippen LogP contribution in [0.1, 0.15) is 31.0 Å². The Labute approximate surface area is 237 Å². The van der Waals surface area contributed by atoms with Gasteiger partial charge in [0.05, 0.1) is 40.5 Å². The van der Waals surface area contributed by atoms with E-state index in [9.17, 15) is 19.7 Å². The number of hydrogen-bond acceptors (Lipinski definition) is 10. The quantitative estimate of drug-likeness (QED) is 0.176. The molecule has 5 rings (SSSR count). The van der Waals surface area contributed by atoms with Gasteiger partial charge in [-0.05, 0) is 43.2 Å². The molecule has 0 saturated carbocycles. The topological polar surface area (TPSA) is 135 Å². The summed E-state index contributed by atoms with van der Waals surface area (Å²) >= 11 is 1.21. The van der Waals surface area contributed by atoms with Crippen molar-refractivity contribution >= 4 is 29.1 Å². The zero-order chi connectivity index (χ0) is 29.1. The van der Waals surface area contributed by atoms with E-state index in [2.05, 4.69) is 9.98 Å². The number of esters is 1. The number of benzene rings is 2. The van der Waals surface area contributed by atoms with E-state index in [-0.39, 0.29) is 17.1 Å². The first-order valence-corrected chi connectivity index (χ1v) is 13.3. The van der Waals surface area contributed by atoms with Crippen LogP contribution < -0.4 is 24.4 Å². The zero-order valence-corrected chi connectivity index (χ0v) is 23.1. The molecule has 1 unspecified atom stereocenters. The number of hydrogen-bond donors (Lipinski definition) is 0. The van der Waals surface area contributed by atoms with Crippen molar-refractivity contribution in [3.8, 4) is 17.4 Å². The average Bonchev–Trinajstić information content (AvgIpc) is 3.28. The molecule has 11 nitrogen and oxygen atoms in total. The van der Waals surface area contributed by atoms with Crippen LogP contribution in [0, 0.1) is 10.1 Å². The van der Waals surface area contributed by atoms with Crippen LogP contribution in [0.15, 0.2) is 87.9 Å². The number of nitro groups is 1. The lowest BCUT2D eigenvalue weighted by molar-refractivity contribution is -0.385. The van der Waals surface area contributed by atoms with Crippen LogP contribution in [-0.2, 0) is 9.53 Å². The Morgan fingerprint density at radius 2 is 1.93 bits per heavy atom. The lowest BCUT2D eigenvalue weighted by Crippen LogP contribution is -2.39. The van der Waals surface area contributed by atoms with Crippen molar-refractivity contribution in [1.82, 2.24) is 9.55 Å². The number of methoxy groups -OCH3 is 1. The highest BCUT2D eigenvalue weighted by molar-refractivity contribution is 7.07. The van der Waals surface area contributed by atoms with Gasteiger partial charge in [-0.2, -0.15) is 0 Å². The van der Waals surface area contributed by atoms with Crippen LogP contribution in [0.25, 0.3) is 6.08 Å². The number of allylic oxidation sites excluding steroid dienone is 1. The molecular formula is C29H24N4O7S. The number of nitrogens with zero attached hydrogens (tertiary/aromatic N) is 4. The Kier molecular flexibility index (Phi) is 7.74. The summed E-state index contributed by atoms with van der Waals surface area (Å²) in [4.78, 5) is 45.9. The number of pyridine rings is 1. The van der Waals surface area contributed by atoms with Crippen molar-refractivity contribution < 1.29 is 23.9 Å². The lowest BCUT2D eigenvalue weighted by Gasteiger charge is -2.24. The minimum absolute atomic E-state index is 0.150. The molecular weight excluding hydrogens is 548 g/mol. The Morgan fingerprint density at radius 3 is 2.59 bits per heavy atom. The van der Waals surface area contributed by atoms with E-state index in [0.717, 1.165) is 11.8 Å². The van der Waals surface area contributed by atoms with Gasteiger partial charge >= 0.3 is 5.97 Å². The summed E-state index contributed by atoms with van der Waals surface area (Å²) < 4.78 is 18.5. The van der Waals surface area contributed by atoms with Crippen LogP contribution in [0.3, 0.4) is 0 Å². The fraction of sp³-hybridized carbons (Fsp3) is 0.172. The number of thiazole rings is 1. The monoisotopic (exact) mass is 572 g/mol. The molecule has 0 spiro atoms. The number of fused-ring (bicyclic) bond motifs is 1. The van der Waals surface area contributed by atoms with Crippen molar-refractivity contribution in [1.29, 1.82) is 0 Å². The maximum Gasteiger partial charge on any atom is 0.338 e. The number of rotatable bonds is 8. The third-order valence-corrected chi connectivity index (χ3v) is 7.24. The van der Waals surface area contributed by atoms with Gasteiger partial charge in [-0.15, -0.1) is 0 Å². The first kappa shape index (κ1) is 27.5. The molecule has 208 valence electrons. The van der Waals surface area contributed by atoms with E-state index < -0.39 is 16.9 Å². The lowest BCUT2D eigenvalue weighted by atomic mass is 9.96. The zero-order valence-electron chi connectivity index (χ0n) is 22.3. The van der Waals surface area contributed by atoms with E-state index in [1.807, 2.05) is 37.3 Å². The maximum absolute atomic E-state index is 13.8. The van der Waals surface area contributed by atoms with Gasteiger partial charge in [0.1, 0.15) is 6.20 Å². The van der Waals surface area contributed by atoms with Gasteiger partial charge in [0.25, 0.3) is 11.2 Å². The van der Waals surface area contributed by atoms with Crippen molar-refractivity contribution in [2.24, 2.45) is 4.99 Å². The predicted molar refractivity (Wildman–Crippen MR) is 151 cm³/mol. The van der Waals surface area contributed by atoms with Gasteiger partial charge in [0.15, 0.2) is 16.3 Å². The van der Waals surface area contributed by atoms with Crippen molar-refractivity contribution in [3.63, 3.8) is 0 Å². The summed E-state index contributed by atoms with van der Waals surface area (Å²) in [6.07, 6.45) is 2.83. The summed E-state index contributed by atoms with van der Waals surface area (Å²) in [6.45, 7) is 3.90. The molecule has 0 fully saturated rings. The molecule has 0 saturated heterocycles. The Balaban J connectivity index is 1.56. The summed E-state index contributed by atoms with van der Waals surface area (Å²) in [5.74, 6) is 0.374. The van der Waals surface area contributed by atoms with E-state index in [1.165, 1.54) is 35.1 Å². The molecule has 12 heteroatoms. The Hall–Kier alpha value is -5.10. The molecule has 1 atom stereocenters. The van der Waals surface area contributed by atoms with Crippen molar-refractivity contribution in [2.45, 2.75) is 19.9 Å². The molecule has 0 amide bonds. The number of carbonyl (C=O) groups excluding carboxylic acids is 1. The van der Waals surface area contributed by atoms with Gasteiger partial charge in [-0.3, -0.25) is 19.5 Å². The van der Waals surface area contributed by atoms with Gasteiger partial charge in [-0.1, -0.05) is 47.7 Å². The molecule has 1 aliphatic heterocycles. The summed E-state index contributed by atoms with van der Waals surface area (Å²) in [5, 5.41) is 10.9. The average molecular weight is 573 g/mol. The Bertz CT molecular complexity index is 1840. The van der Waals surface area contributed by atoms with Gasteiger partial charge in [-0.25, -0.2) is 14.8 Å². The van der Waals surface area contributed by atoms with Crippen LogP contribution in [-0.4, -0.2) is 34.2 Å². The molecule has 2 aromatic carbocycles. The maximum atomic E-state index is 13.8. The molecule has 2 aromatic heterocycles. The minimum Gasteiger partial charge on any atom is -0.490 e. The highest BCUT2D eigenvalue weighted by atomic mass is 32.1. The van der Waals surface area contributed by atoms with Gasteiger partial charge in [0, 0.05) is 12.1 Å². The van der Waals surface area contributed by atoms with Gasteiger partial charge in [0.2, 0.25) is 5.88 Å². The molecule has 0 radical (unpaired) electrons. The predicted octanol–water partition coefficient (Wildman–Crippen LogP) is 3.90. The normalized spacial score (nSPS) is 14.7. The standard InChI is InChI=1S/C29H24N4O7S/c1-4-39-22-14-18(10-12-21(22)40-24-13-11-20(16-30-24)33(36)37)15-23-27(34)32-26(19-8-6-5-7-9-19)25(28(35)38-3)17(2)31-29(32)41-23/h5-16,26H,4H2,1-3H3.